The molecule has 1 fully saturated rings. The summed E-state index contributed by atoms with van der Waals surface area (Å²) in [6.45, 7) is 3.84. The van der Waals surface area contributed by atoms with Crippen molar-refractivity contribution in [2.45, 2.75) is 45.3 Å². The fourth-order valence-corrected chi connectivity index (χ4v) is 3.39. The van der Waals surface area contributed by atoms with Gasteiger partial charge in [0.2, 0.25) is 0 Å². The number of carbonyl (C=O) groups is 2. The lowest BCUT2D eigenvalue weighted by molar-refractivity contribution is -0.137. The maximum atomic E-state index is 12.7. The molecule has 0 bridgehead atoms. The molecule has 28 heavy (non-hydrogen) atoms. The molecule has 1 unspecified atom stereocenters. The highest BCUT2D eigenvalue weighted by Crippen LogP contribution is 2.17. The van der Waals surface area contributed by atoms with Crippen molar-refractivity contribution in [3.63, 3.8) is 0 Å². The fraction of sp³-hybridized carbons (Fsp3) is 0.391. The van der Waals surface area contributed by atoms with E-state index >= 15 is 0 Å². The molecule has 1 heterocycles. The van der Waals surface area contributed by atoms with E-state index in [4.69, 9.17) is 4.74 Å². The predicted molar refractivity (Wildman–Crippen MR) is 109 cm³/mol. The number of hydrogen-bond donors (Lipinski definition) is 1. The van der Waals surface area contributed by atoms with Gasteiger partial charge in [-0.3, -0.25) is 9.59 Å². The molecular weight excluding hydrogens is 352 g/mol. The Bertz CT molecular complexity index is 783. The molecule has 2 aromatic carbocycles. The van der Waals surface area contributed by atoms with E-state index in [1.807, 2.05) is 35.2 Å². The van der Waals surface area contributed by atoms with E-state index < -0.39 is 6.10 Å². The third-order valence-electron chi connectivity index (χ3n) is 4.97. The summed E-state index contributed by atoms with van der Waals surface area (Å²) in [7, 11) is 0. The fourth-order valence-electron chi connectivity index (χ4n) is 3.39. The molecular formula is C23H28N2O3. The van der Waals surface area contributed by atoms with E-state index in [9.17, 15) is 9.59 Å². The minimum absolute atomic E-state index is 0.0147. The molecule has 1 aliphatic rings. The molecule has 2 aromatic rings. The first kappa shape index (κ1) is 19.9. The summed E-state index contributed by atoms with van der Waals surface area (Å²) in [4.78, 5) is 27.0. The van der Waals surface area contributed by atoms with Crippen molar-refractivity contribution in [1.29, 1.82) is 0 Å². The first-order valence-corrected chi connectivity index (χ1v) is 10.0. The summed E-state index contributed by atoms with van der Waals surface area (Å²) in [5.74, 6) is 0.379. The Labute approximate surface area is 166 Å². The second-order valence-electron chi connectivity index (χ2n) is 7.20. The average molecular weight is 380 g/mol. The molecule has 1 N–H and O–H groups in total. The van der Waals surface area contributed by atoms with Crippen LogP contribution in [0.1, 0.15) is 48.5 Å². The van der Waals surface area contributed by atoms with Gasteiger partial charge in [0, 0.05) is 25.2 Å². The van der Waals surface area contributed by atoms with Crippen molar-refractivity contribution in [2.75, 3.05) is 13.1 Å². The van der Waals surface area contributed by atoms with Crippen molar-refractivity contribution in [3.8, 4) is 5.75 Å². The van der Waals surface area contributed by atoms with E-state index in [0.717, 1.165) is 31.5 Å². The number of hydrogen-bond acceptors (Lipinski definition) is 3. The van der Waals surface area contributed by atoms with Gasteiger partial charge in [0.15, 0.2) is 6.10 Å². The van der Waals surface area contributed by atoms with Gasteiger partial charge >= 0.3 is 0 Å². The SMILES string of the molecule is CC(Oc1cccc(C(=O)NCc2ccccc2)c1)C(=O)N1CCCCCC1. The summed E-state index contributed by atoms with van der Waals surface area (Å²) < 4.78 is 5.85. The van der Waals surface area contributed by atoms with E-state index in [0.29, 0.717) is 17.9 Å². The van der Waals surface area contributed by atoms with E-state index in [1.54, 1.807) is 31.2 Å². The normalized spacial score (nSPS) is 15.4. The maximum absolute atomic E-state index is 12.7. The molecule has 0 radical (unpaired) electrons. The lowest BCUT2D eigenvalue weighted by Gasteiger charge is -2.24. The molecule has 1 aliphatic heterocycles. The molecule has 3 rings (SSSR count). The standard InChI is InChI=1S/C23H28N2O3/c1-18(23(27)25-14-7-2-3-8-15-25)28-21-13-9-12-20(16-21)22(26)24-17-19-10-5-4-6-11-19/h4-6,9-13,16,18H,2-3,7-8,14-15,17H2,1H3,(H,24,26). The summed E-state index contributed by atoms with van der Waals surface area (Å²) in [6.07, 6.45) is 3.89. The number of amides is 2. The largest absolute Gasteiger partial charge is 0.481 e. The zero-order valence-corrected chi connectivity index (χ0v) is 16.4. The molecule has 1 atom stereocenters. The van der Waals surface area contributed by atoms with Gasteiger partial charge < -0.3 is 15.0 Å². The van der Waals surface area contributed by atoms with E-state index in [2.05, 4.69) is 5.32 Å². The highest BCUT2D eigenvalue weighted by atomic mass is 16.5. The van der Waals surface area contributed by atoms with Crippen molar-refractivity contribution in [1.82, 2.24) is 10.2 Å². The zero-order valence-electron chi connectivity index (χ0n) is 16.4. The lowest BCUT2D eigenvalue weighted by Crippen LogP contribution is -2.41. The first-order valence-electron chi connectivity index (χ1n) is 10.0. The first-order chi connectivity index (χ1) is 13.6. The van der Waals surface area contributed by atoms with Crippen LogP contribution in [0.4, 0.5) is 0 Å². The van der Waals surface area contributed by atoms with Gasteiger partial charge in [-0.05, 0) is 43.5 Å². The second kappa shape index (κ2) is 9.93. The third-order valence-corrected chi connectivity index (χ3v) is 4.97. The zero-order chi connectivity index (χ0) is 19.8. The number of carbonyl (C=O) groups excluding carboxylic acids is 2. The molecule has 2 amide bonds. The molecule has 1 saturated heterocycles. The van der Waals surface area contributed by atoms with Crippen LogP contribution in [-0.4, -0.2) is 35.9 Å². The van der Waals surface area contributed by atoms with Crippen LogP contribution in [0.5, 0.6) is 5.75 Å². The van der Waals surface area contributed by atoms with Crippen LogP contribution in [0.3, 0.4) is 0 Å². The second-order valence-corrected chi connectivity index (χ2v) is 7.20. The van der Waals surface area contributed by atoms with Crippen LogP contribution in [0, 0.1) is 0 Å². The molecule has 5 heteroatoms. The Balaban J connectivity index is 1.57. The van der Waals surface area contributed by atoms with Gasteiger partial charge in [-0.25, -0.2) is 0 Å². The van der Waals surface area contributed by atoms with Crippen molar-refractivity contribution < 1.29 is 14.3 Å². The molecule has 5 nitrogen and oxygen atoms in total. The van der Waals surface area contributed by atoms with Crippen LogP contribution in [0.2, 0.25) is 0 Å². The number of rotatable bonds is 6. The van der Waals surface area contributed by atoms with Gasteiger partial charge in [-0.15, -0.1) is 0 Å². The van der Waals surface area contributed by atoms with Crippen molar-refractivity contribution in [2.24, 2.45) is 0 Å². The van der Waals surface area contributed by atoms with Gasteiger partial charge in [0.1, 0.15) is 5.75 Å². The van der Waals surface area contributed by atoms with Crippen LogP contribution < -0.4 is 10.1 Å². The van der Waals surface area contributed by atoms with Crippen molar-refractivity contribution >= 4 is 11.8 Å². The van der Waals surface area contributed by atoms with E-state index in [-0.39, 0.29) is 11.8 Å². The molecule has 148 valence electrons. The Morgan fingerprint density at radius 1 is 1.00 bits per heavy atom. The minimum Gasteiger partial charge on any atom is -0.481 e. The van der Waals surface area contributed by atoms with Gasteiger partial charge in [-0.2, -0.15) is 0 Å². The Morgan fingerprint density at radius 2 is 1.71 bits per heavy atom. The van der Waals surface area contributed by atoms with Gasteiger partial charge in [0.05, 0.1) is 0 Å². The smallest absolute Gasteiger partial charge is 0.263 e. The van der Waals surface area contributed by atoms with E-state index in [1.165, 1.54) is 12.8 Å². The average Bonchev–Trinajstić information content (AvgIpc) is 3.02. The Hall–Kier alpha value is -2.82. The summed E-state index contributed by atoms with van der Waals surface area (Å²) in [5.41, 5.74) is 1.56. The third kappa shape index (κ3) is 5.59. The van der Waals surface area contributed by atoms with Crippen LogP contribution in [0.15, 0.2) is 54.6 Å². The van der Waals surface area contributed by atoms with Crippen LogP contribution >= 0.6 is 0 Å². The van der Waals surface area contributed by atoms with Crippen LogP contribution in [0.25, 0.3) is 0 Å². The van der Waals surface area contributed by atoms with Crippen LogP contribution in [-0.2, 0) is 11.3 Å². The lowest BCUT2D eigenvalue weighted by atomic mass is 10.2. The predicted octanol–water partition coefficient (Wildman–Crippen LogP) is 3.79. The monoisotopic (exact) mass is 380 g/mol. The van der Waals surface area contributed by atoms with Gasteiger partial charge in [0.25, 0.3) is 11.8 Å². The Kier molecular flexibility index (Phi) is 7.06. The Morgan fingerprint density at radius 3 is 2.43 bits per heavy atom. The number of nitrogens with one attached hydrogen (secondary N) is 1. The number of nitrogens with zero attached hydrogens (tertiary/aromatic N) is 1. The van der Waals surface area contributed by atoms with Crippen molar-refractivity contribution in [3.05, 3.63) is 65.7 Å². The number of likely N-dealkylation sites (tertiary alicyclic amines) is 1. The topological polar surface area (TPSA) is 58.6 Å². The highest BCUT2D eigenvalue weighted by Gasteiger charge is 2.23. The molecule has 0 aromatic heterocycles. The molecule has 0 aliphatic carbocycles. The summed E-state index contributed by atoms with van der Waals surface area (Å²) in [6, 6.07) is 16.8. The minimum atomic E-state index is -0.569. The summed E-state index contributed by atoms with van der Waals surface area (Å²) in [5, 5.41) is 2.91. The highest BCUT2D eigenvalue weighted by molar-refractivity contribution is 5.94. The maximum Gasteiger partial charge on any atom is 0.263 e. The number of ether oxygens (including phenoxy) is 1. The summed E-state index contributed by atoms with van der Waals surface area (Å²) >= 11 is 0. The van der Waals surface area contributed by atoms with Gasteiger partial charge in [-0.1, -0.05) is 49.2 Å². The number of benzene rings is 2. The molecule has 0 saturated carbocycles. The molecule has 0 spiro atoms. The quantitative estimate of drug-likeness (QED) is 0.830.